The fourth-order valence-corrected chi connectivity index (χ4v) is 2.44. The maximum absolute atomic E-state index is 13.1. The zero-order valence-corrected chi connectivity index (χ0v) is 13.4. The number of hydrogen-bond donors (Lipinski definition) is 2. The van der Waals surface area contributed by atoms with E-state index < -0.39 is 17.5 Å². The molecule has 0 atom stereocenters. The largest absolute Gasteiger partial charge is 0.508 e. The number of hydrogen-bond acceptors (Lipinski definition) is 3. The zero-order chi connectivity index (χ0) is 18.7. The number of alkyl halides is 3. The van der Waals surface area contributed by atoms with E-state index in [1.807, 2.05) is 0 Å². The lowest BCUT2D eigenvalue weighted by Gasteiger charge is -2.13. The van der Waals surface area contributed by atoms with Crippen LogP contribution in [0.4, 0.5) is 19.0 Å². The summed E-state index contributed by atoms with van der Waals surface area (Å²) in [5, 5.41) is 16.0. The molecule has 0 aliphatic rings. The molecule has 5 nitrogen and oxygen atoms in total. The molecule has 0 unspecified atom stereocenters. The van der Waals surface area contributed by atoms with E-state index in [9.17, 15) is 23.1 Å². The first-order valence-electron chi connectivity index (χ1n) is 7.62. The third-order valence-corrected chi connectivity index (χ3v) is 3.65. The van der Waals surface area contributed by atoms with Gasteiger partial charge in [0, 0.05) is 17.8 Å². The normalized spacial score (nSPS) is 11.3. The number of rotatable bonds is 4. The smallest absolute Gasteiger partial charge is 0.416 e. The fourth-order valence-electron chi connectivity index (χ4n) is 2.44. The summed E-state index contributed by atoms with van der Waals surface area (Å²) in [6.07, 6.45) is -3.13. The van der Waals surface area contributed by atoms with Crippen LogP contribution in [0.1, 0.15) is 21.5 Å². The summed E-state index contributed by atoms with van der Waals surface area (Å²) in [7, 11) is 0. The molecule has 3 aromatic rings. The molecule has 1 aromatic heterocycles. The number of anilines is 1. The lowest BCUT2D eigenvalue weighted by molar-refractivity contribution is -0.138. The highest BCUT2D eigenvalue weighted by Crippen LogP contribution is 2.34. The maximum atomic E-state index is 13.1. The van der Waals surface area contributed by atoms with Crippen molar-refractivity contribution in [2.45, 2.75) is 12.7 Å². The summed E-state index contributed by atoms with van der Waals surface area (Å²) in [4.78, 5) is 12.1. The molecule has 1 heterocycles. The molecular formula is C18H14F3N3O2. The number of benzene rings is 2. The van der Waals surface area contributed by atoms with Crippen molar-refractivity contribution in [3.8, 4) is 5.75 Å². The standard InChI is InChI=1S/C18H14F3N3O2/c19-18(20,21)15-10-14(25)7-6-13(15)11-24-9-8-16(23-24)22-17(26)12-4-2-1-3-5-12/h1-10,25H,11H2,(H,22,23,26). The van der Waals surface area contributed by atoms with Crippen LogP contribution >= 0.6 is 0 Å². The Kier molecular flexibility index (Phi) is 4.66. The Morgan fingerprint density at radius 1 is 1.12 bits per heavy atom. The number of halogens is 3. The summed E-state index contributed by atoms with van der Waals surface area (Å²) in [6, 6.07) is 13.0. The van der Waals surface area contributed by atoms with Gasteiger partial charge in [0.15, 0.2) is 5.82 Å². The molecule has 2 aromatic carbocycles. The Labute approximate surface area is 146 Å². The van der Waals surface area contributed by atoms with Crippen molar-refractivity contribution in [1.82, 2.24) is 9.78 Å². The quantitative estimate of drug-likeness (QED) is 0.740. The van der Waals surface area contributed by atoms with Crippen molar-refractivity contribution in [3.05, 3.63) is 77.5 Å². The number of nitrogens with one attached hydrogen (secondary N) is 1. The van der Waals surface area contributed by atoms with Crippen molar-refractivity contribution in [3.63, 3.8) is 0 Å². The van der Waals surface area contributed by atoms with Gasteiger partial charge in [-0.2, -0.15) is 18.3 Å². The van der Waals surface area contributed by atoms with Gasteiger partial charge < -0.3 is 10.4 Å². The van der Waals surface area contributed by atoms with Gasteiger partial charge in [0.25, 0.3) is 5.91 Å². The second-order valence-electron chi connectivity index (χ2n) is 5.56. The van der Waals surface area contributed by atoms with Crippen molar-refractivity contribution >= 4 is 11.7 Å². The molecule has 0 aliphatic carbocycles. The summed E-state index contributed by atoms with van der Waals surface area (Å²) in [5.74, 6) is -0.597. The van der Waals surface area contributed by atoms with Crippen LogP contribution in [0.3, 0.4) is 0 Å². The Morgan fingerprint density at radius 3 is 2.54 bits per heavy atom. The van der Waals surface area contributed by atoms with Crippen LogP contribution in [0, 0.1) is 0 Å². The van der Waals surface area contributed by atoms with Crippen molar-refractivity contribution in [1.29, 1.82) is 0 Å². The molecule has 0 saturated heterocycles. The third kappa shape index (κ3) is 4.02. The maximum Gasteiger partial charge on any atom is 0.416 e. The van der Waals surface area contributed by atoms with Gasteiger partial charge in [0.2, 0.25) is 0 Å². The first-order chi connectivity index (χ1) is 12.3. The number of carbonyl (C=O) groups is 1. The second kappa shape index (κ2) is 6.91. The fraction of sp³-hybridized carbons (Fsp3) is 0.111. The van der Waals surface area contributed by atoms with E-state index in [-0.39, 0.29) is 23.8 Å². The number of phenolic OH excluding ortho intramolecular Hbond substituents is 1. The van der Waals surface area contributed by atoms with Gasteiger partial charge in [-0.15, -0.1) is 0 Å². The van der Waals surface area contributed by atoms with Crippen molar-refractivity contribution < 1.29 is 23.1 Å². The number of carbonyl (C=O) groups excluding carboxylic acids is 1. The van der Waals surface area contributed by atoms with Crippen LogP contribution in [0.5, 0.6) is 5.75 Å². The molecule has 134 valence electrons. The minimum atomic E-state index is -4.59. The van der Waals surface area contributed by atoms with E-state index in [4.69, 9.17) is 0 Å². The minimum Gasteiger partial charge on any atom is -0.508 e. The van der Waals surface area contributed by atoms with Crippen molar-refractivity contribution in [2.24, 2.45) is 0 Å². The Hall–Kier alpha value is -3.29. The molecule has 0 radical (unpaired) electrons. The number of phenols is 1. The zero-order valence-electron chi connectivity index (χ0n) is 13.4. The van der Waals surface area contributed by atoms with Gasteiger partial charge >= 0.3 is 6.18 Å². The van der Waals surface area contributed by atoms with E-state index in [1.54, 1.807) is 30.3 Å². The Morgan fingerprint density at radius 2 is 1.85 bits per heavy atom. The molecule has 0 aliphatic heterocycles. The molecule has 0 saturated carbocycles. The lowest BCUT2D eigenvalue weighted by atomic mass is 10.1. The highest BCUT2D eigenvalue weighted by atomic mass is 19.4. The number of aromatic hydroxyl groups is 1. The molecule has 8 heteroatoms. The SMILES string of the molecule is O=C(Nc1ccn(Cc2ccc(O)cc2C(F)(F)F)n1)c1ccccc1. The summed E-state index contributed by atoms with van der Waals surface area (Å²) >= 11 is 0. The van der Waals surface area contributed by atoms with Gasteiger partial charge in [0.05, 0.1) is 12.1 Å². The van der Waals surface area contributed by atoms with Crippen LogP contribution in [-0.2, 0) is 12.7 Å². The first-order valence-corrected chi connectivity index (χ1v) is 7.62. The molecule has 0 spiro atoms. The van der Waals surface area contributed by atoms with Gasteiger partial charge in [-0.3, -0.25) is 9.48 Å². The van der Waals surface area contributed by atoms with Crippen molar-refractivity contribution in [2.75, 3.05) is 5.32 Å². The summed E-state index contributed by atoms with van der Waals surface area (Å²) in [5.41, 5.74) is -0.526. The number of amides is 1. The predicted molar refractivity (Wildman–Crippen MR) is 88.8 cm³/mol. The topological polar surface area (TPSA) is 67.2 Å². The number of nitrogens with zero attached hydrogens (tertiary/aromatic N) is 2. The van der Waals surface area contributed by atoms with Gasteiger partial charge in [-0.1, -0.05) is 24.3 Å². The van der Waals surface area contributed by atoms with E-state index >= 15 is 0 Å². The Balaban J connectivity index is 1.76. The average Bonchev–Trinajstić information content (AvgIpc) is 3.03. The van der Waals surface area contributed by atoms with Crippen LogP contribution in [0.15, 0.2) is 60.8 Å². The highest BCUT2D eigenvalue weighted by molar-refractivity contribution is 6.03. The van der Waals surface area contributed by atoms with Gasteiger partial charge in [0.1, 0.15) is 5.75 Å². The summed E-state index contributed by atoms with van der Waals surface area (Å²) < 4.78 is 40.6. The van der Waals surface area contributed by atoms with Gasteiger partial charge in [-0.25, -0.2) is 0 Å². The predicted octanol–water partition coefficient (Wildman–Crippen LogP) is 3.91. The minimum absolute atomic E-state index is 0.0423. The Bertz CT molecular complexity index is 921. The van der Waals surface area contributed by atoms with E-state index in [1.165, 1.54) is 29.1 Å². The molecular weight excluding hydrogens is 347 g/mol. The van der Waals surface area contributed by atoms with E-state index in [0.717, 1.165) is 0 Å². The molecule has 3 rings (SSSR count). The molecule has 0 fully saturated rings. The summed E-state index contributed by atoms with van der Waals surface area (Å²) in [6.45, 7) is -0.156. The van der Waals surface area contributed by atoms with Crippen LogP contribution in [-0.4, -0.2) is 20.8 Å². The number of aromatic nitrogens is 2. The average molecular weight is 361 g/mol. The molecule has 2 N–H and O–H groups in total. The first kappa shape index (κ1) is 17.5. The second-order valence-corrected chi connectivity index (χ2v) is 5.56. The third-order valence-electron chi connectivity index (χ3n) is 3.65. The molecule has 0 bridgehead atoms. The molecule has 26 heavy (non-hydrogen) atoms. The highest BCUT2D eigenvalue weighted by Gasteiger charge is 2.33. The van der Waals surface area contributed by atoms with Crippen LogP contribution < -0.4 is 5.32 Å². The van der Waals surface area contributed by atoms with E-state index in [0.29, 0.717) is 11.6 Å². The monoisotopic (exact) mass is 361 g/mol. The van der Waals surface area contributed by atoms with Crippen LogP contribution in [0.2, 0.25) is 0 Å². The van der Waals surface area contributed by atoms with Gasteiger partial charge in [-0.05, 0) is 29.8 Å². The van der Waals surface area contributed by atoms with Crippen LogP contribution in [0.25, 0.3) is 0 Å². The lowest BCUT2D eigenvalue weighted by Crippen LogP contribution is -2.14. The molecule has 1 amide bonds. The van der Waals surface area contributed by atoms with E-state index in [2.05, 4.69) is 10.4 Å².